The summed E-state index contributed by atoms with van der Waals surface area (Å²) in [5, 5.41) is 12.6. The fourth-order valence-corrected chi connectivity index (χ4v) is 7.31. The molecular formula is C23H22BrClIN5O4. The van der Waals surface area contributed by atoms with E-state index in [0.717, 1.165) is 15.6 Å². The molecule has 2 saturated carbocycles. The molecule has 184 valence electrons. The Morgan fingerprint density at radius 3 is 2.91 bits per heavy atom. The van der Waals surface area contributed by atoms with Gasteiger partial charge in [-0.2, -0.15) is 9.97 Å². The lowest BCUT2D eigenvalue weighted by Crippen LogP contribution is -2.34. The Kier molecular flexibility index (Phi) is 6.68. The van der Waals surface area contributed by atoms with Crippen LogP contribution in [0.25, 0.3) is 11.2 Å². The molecule has 0 aliphatic heterocycles. The van der Waals surface area contributed by atoms with E-state index in [4.69, 9.17) is 16.3 Å². The number of nitrogens with one attached hydrogen (secondary N) is 1. The number of aliphatic carboxylic acids is 1. The number of alkyl halides is 1. The van der Waals surface area contributed by atoms with Crippen LogP contribution in [0.3, 0.4) is 0 Å². The minimum atomic E-state index is -0.839. The maximum atomic E-state index is 11.9. The van der Waals surface area contributed by atoms with E-state index >= 15 is 0 Å². The van der Waals surface area contributed by atoms with Crippen LogP contribution in [0.15, 0.2) is 30.6 Å². The van der Waals surface area contributed by atoms with Crippen molar-refractivity contribution in [2.45, 2.75) is 49.7 Å². The first kappa shape index (κ1) is 24.7. The third-order valence-electron chi connectivity index (χ3n) is 6.94. The quantitative estimate of drug-likeness (QED) is 0.151. The summed E-state index contributed by atoms with van der Waals surface area (Å²) < 4.78 is 8.78. The van der Waals surface area contributed by atoms with Gasteiger partial charge in [0.25, 0.3) is 0 Å². The molecule has 2 aliphatic rings. The normalized spacial score (nSPS) is 27.0. The van der Waals surface area contributed by atoms with E-state index in [1.165, 1.54) is 6.92 Å². The highest BCUT2D eigenvalue weighted by Gasteiger charge is 2.71. The maximum Gasteiger partial charge on any atom is 0.303 e. The van der Waals surface area contributed by atoms with E-state index < -0.39 is 18.0 Å². The number of hydrogen-bond acceptors (Lipinski definition) is 7. The lowest BCUT2D eigenvalue weighted by Gasteiger charge is -2.28. The number of hydrogen-bond donors (Lipinski definition) is 2. The Balaban J connectivity index is 1.49. The summed E-state index contributed by atoms with van der Waals surface area (Å²) in [4.78, 5) is 36.4. The molecule has 0 spiro atoms. The highest BCUT2D eigenvalue weighted by Crippen LogP contribution is 2.72. The van der Waals surface area contributed by atoms with E-state index in [1.807, 2.05) is 22.8 Å². The maximum absolute atomic E-state index is 11.9. The zero-order chi connectivity index (χ0) is 24.9. The van der Waals surface area contributed by atoms with Gasteiger partial charge in [0.05, 0.1) is 17.2 Å². The molecule has 35 heavy (non-hydrogen) atoms. The average Bonchev–Trinajstić information content (AvgIpc) is 3.30. The third kappa shape index (κ3) is 4.62. The van der Waals surface area contributed by atoms with Gasteiger partial charge in [0.1, 0.15) is 6.10 Å². The fourth-order valence-electron chi connectivity index (χ4n) is 5.36. The van der Waals surface area contributed by atoms with Gasteiger partial charge in [0, 0.05) is 23.5 Å². The number of nitrogens with zero attached hydrogens (tertiary/aromatic N) is 4. The lowest BCUT2D eigenvalue weighted by atomic mass is 9.96. The van der Waals surface area contributed by atoms with Crippen molar-refractivity contribution in [1.82, 2.24) is 19.5 Å². The Bertz CT molecular complexity index is 1320. The van der Waals surface area contributed by atoms with Crippen molar-refractivity contribution in [3.8, 4) is 0 Å². The molecule has 9 nitrogen and oxygen atoms in total. The number of aromatic nitrogens is 4. The molecule has 12 heteroatoms. The molecule has 5 rings (SSSR count). The fraction of sp³-hybridized carbons (Fsp3) is 0.435. The first-order valence-corrected chi connectivity index (χ1v) is 13.5. The van der Waals surface area contributed by atoms with Gasteiger partial charge in [-0.1, -0.05) is 28.1 Å². The number of carbonyl (C=O) groups is 2. The van der Waals surface area contributed by atoms with Crippen LogP contribution >= 0.6 is 50.1 Å². The summed E-state index contributed by atoms with van der Waals surface area (Å²) in [6.45, 7) is 1.92. The molecule has 1 aromatic carbocycles. The Labute approximate surface area is 228 Å². The number of imidazole rings is 1. The van der Waals surface area contributed by atoms with Gasteiger partial charge >= 0.3 is 11.9 Å². The van der Waals surface area contributed by atoms with Crippen molar-refractivity contribution in [2.24, 2.45) is 11.3 Å². The van der Waals surface area contributed by atoms with Crippen LogP contribution in [0, 0.1) is 14.9 Å². The first-order chi connectivity index (χ1) is 16.7. The number of benzene rings is 1. The zero-order valence-electron chi connectivity index (χ0n) is 18.6. The van der Waals surface area contributed by atoms with Gasteiger partial charge < -0.3 is 19.7 Å². The van der Waals surface area contributed by atoms with Gasteiger partial charge in [-0.05, 0) is 76.1 Å². The summed E-state index contributed by atoms with van der Waals surface area (Å²) in [5.74, 6) is -0.600. The molecule has 2 heterocycles. The predicted molar refractivity (Wildman–Crippen MR) is 142 cm³/mol. The van der Waals surface area contributed by atoms with Crippen molar-refractivity contribution in [1.29, 1.82) is 0 Å². The second kappa shape index (κ2) is 9.47. The zero-order valence-corrected chi connectivity index (χ0v) is 23.1. The van der Waals surface area contributed by atoms with Gasteiger partial charge in [-0.15, -0.1) is 0 Å². The molecule has 0 bridgehead atoms. The SMILES string of the molecule is CC(=O)O[C@H]1[C@H](n2cnc3c(NCc4cccc(I)c4)nc(Cl)nc32)[C@H]2C[C@@]2(CCC(=O)O)[C@@H]1Br. The summed E-state index contributed by atoms with van der Waals surface area (Å²) in [5.41, 5.74) is 1.94. The van der Waals surface area contributed by atoms with Crippen molar-refractivity contribution in [3.05, 3.63) is 45.0 Å². The minimum absolute atomic E-state index is 0.0588. The minimum Gasteiger partial charge on any atom is -0.481 e. The van der Waals surface area contributed by atoms with E-state index in [-0.39, 0.29) is 33.9 Å². The second-order valence-corrected chi connectivity index (χ2v) is 11.6. The smallest absolute Gasteiger partial charge is 0.303 e. The van der Waals surface area contributed by atoms with Crippen LogP contribution in [0.1, 0.15) is 37.8 Å². The number of anilines is 1. The Hall–Kier alpha value is -1.99. The summed E-state index contributed by atoms with van der Waals surface area (Å²) >= 11 is 12.3. The highest BCUT2D eigenvalue weighted by atomic mass is 127. The molecule has 2 aromatic heterocycles. The molecule has 5 atom stereocenters. The van der Waals surface area contributed by atoms with Gasteiger partial charge in [-0.25, -0.2) is 4.98 Å². The van der Waals surface area contributed by atoms with E-state index in [0.29, 0.717) is 29.9 Å². The van der Waals surface area contributed by atoms with Crippen molar-refractivity contribution >= 4 is 79.0 Å². The number of carboxylic acid groups (broad SMARTS) is 1. The van der Waals surface area contributed by atoms with Crippen LogP contribution < -0.4 is 5.32 Å². The molecular weight excluding hydrogens is 653 g/mol. The van der Waals surface area contributed by atoms with Crippen molar-refractivity contribution in [2.75, 3.05) is 5.32 Å². The molecule has 2 fully saturated rings. The second-order valence-electron chi connectivity index (χ2n) is 9.05. The number of rotatable bonds is 8. The van der Waals surface area contributed by atoms with E-state index in [1.54, 1.807) is 6.33 Å². The first-order valence-electron chi connectivity index (χ1n) is 11.1. The molecule has 3 aromatic rings. The summed E-state index contributed by atoms with van der Waals surface area (Å²) in [6.07, 6.45) is 2.58. The third-order valence-corrected chi connectivity index (χ3v) is 9.21. The van der Waals surface area contributed by atoms with Crippen LogP contribution in [-0.4, -0.2) is 47.5 Å². The van der Waals surface area contributed by atoms with Crippen LogP contribution in [0.5, 0.6) is 0 Å². The standard InChI is InChI=1S/C23H22BrClIN5O4/c1-11(32)35-18-17(14-8-23(14,19(18)24)6-5-15(33)34)31-10-28-16-20(29-22(25)30-21(16)31)27-9-12-3-2-4-13(26)7-12/h2-4,7,10,14,17-19H,5-6,8-9H2,1H3,(H,33,34)(H,27,29,30)/t14-,17-,18+,19-,23-/m1/s1. The molecule has 0 saturated heterocycles. The number of ether oxygens (including phenoxy) is 1. The van der Waals surface area contributed by atoms with Crippen molar-refractivity contribution in [3.63, 3.8) is 0 Å². The average molecular weight is 675 g/mol. The molecule has 2 aliphatic carbocycles. The number of fused-ring (bicyclic) bond motifs is 2. The number of halogens is 3. The van der Waals surface area contributed by atoms with Crippen molar-refractivity contribution < 1.29 is 19.4 Å². The van der Waals surface area contributed by atoms with Gasteiger partial charge in [0.15, 0.2) is 17.0 Å². The number of carbonyl (C=O) groups excluding carboxylic acids is 1. The highest BCUT2D eigenvalue weighted by molar-refractivity contribution is 14.1. The Morgan fingerprint density at radius 2 is 2.20 bits per heavy atom. The molecule has 0 radical (unpaired) electrons. The van der Waals surface area contributed by atoms with Crippen LogP contribution in [-0.2, 0) is 20.9 Å². The van der Waals surface area contributed by atoms with E-state index in [9.17, 15) is 14.7 Å². The molecule has 2 N–H and O–H groups in total. The number of esters is 1. The Morgan fingerprint density at radius 1 is 1.40 bits per heavy atom. The lowest BCUT2D eigenvalue weighted by molar-refractivity contribution is -0.148. The molecule has 0 amide bonds. The predicted octanol–water partition coefficient (Wildman–Crippen LogP) is 4.82. The van der Waals surface area contributed by atoms with Gasteiger partial charge in [-0.3, -0.25) is 9.59 Å². The number of carboxylic acids is 1. The van der Waals surface area contributed by atoms with Gasteiger partial charge in [0.2, 0.25) is 5.28 Å². The summed E-state index contributed by atoms with van der Waals surface area (Å²) in [6, 6.07) is 7.87. The monoisotopic (exact) mass is 673 g/mol. The van der Waals surface area contributed by atoms with Crippen LogP contribution in [0.2, 0.25) is 5.28 Å². The summed E-state index contributed by atoms with van der Waals surface area (Å²) in [7, 11) is 0. The largest absolute Gasteiger partial charge is 0.481 e. The topological polar surface area (TPSA) is 119 Å². The van der Waals surface area contributed by atoms with E-state index in [2.05, 4.69) is 64.9 Å². The van der Waals surface area contributed by atoms with Crippen LogP contribution in [0.4, 0.5) is 5.82 Å². The molecule has 0 unspecified atom stereocenters.